The van der Waals surface area contributed by atoms with Crippen molar-refractivity contribution in [2.75, 3.05) is 5.88 Å². The summed E-state index contributed by atoms with van der Waals surface area (Å²) >= 11 is 11.8. The number of benzene rings is 1. The molecule has 0 saturated heterocycles. The van der Waals surface area contributed by atoms with E-state index in [9.17, 15) is 0 Å². The second-order valence-electron chi connectivity index (χ2n) is 4.49. The summed E-state index contributed by atoms with van der Waals surface area (Å²) in [5.41, 5.74) is 1.20. The van der Waals surface area contributed by atoms with Crippen LogP contribution in [0.3, 0.4) is 0 Å². The van der Waals surface area contributed by atoms with Gasteiger partial charge in [-0.05, 0) is 30.0 Å². The van der Waals surface area contributed by atoms with E-state index < -0.39 is 0 Å². The minimum Gasteiger partial charge on any atom is -0.309 e. The first kappa shape index (κ1) is 13.8. The highest BCUT2D eigenvalue weighted by Crippen LogP contribution is 2.12. The zero-order valence-corrected chi connectivity index (χ0v) is 11.4. The molecular weight excluding hydrogens is 241 g/mol. The molecular formula is C13H19Cl2N. The summed E-state index contributed by atoms with van der Waals surface area (Å²) in [5, 5.41) is 4.24. The van der Waals surface area contributed by atoms with E-state index in [0.29, 0.717) is 17.8 Å². The van der Waals surface area contributed by atoms with Crippen LogP contribution < -0.4 is 5.32 Å². The highest BCUT2D eigenvalue weighted by Gasteiger charge is 2.08. The standard InChI is InChI=1S/C13H19Cl2N/c1-10(2)6-13(8-14)16-9-11-4-3-5-12(15)7-11/h3-5,7,10,13,16H,6,8-9H2,1-2H3. The number of halogens is 2. The van der Waals surface area contributed by atoms with E-state index in [4.69, 9.17) is 23.2 Å². The molecule has 0 aliphatic carbocycles. The van der Waals surface area contributed by atoms with Crippen molar-refractivity contribution >= 4 is 23.2 Å². The zero-order chi connectivity index (χ0) is 12.0. The maximum absolute atomic E-state index is 5.92. The summed E-state index contributed by atoms with van der Waals surface area (Å²) in [6.07, 6.45) is 1.10. The second kappa shape index (κ2) is 7.16. The van der Waals surface area contributed by atoms with Gasteiger partial charge in [-0.1, -0.05) is 37.6 Å². The van der Waals surface area contributed by atoms with Crippen molar-refractivity contribution in [2.45, 2.75) is 32.9 Å². The quantitative estimate of drug-likeness (QED) is 0.760. The van der Waals surface area contributed by atoms with E-state index in [-0.39, 0.29) is 0 Å². The fourth-order valence-corrected chi connectivity index (χ4v) is 2.13. The molecule has 0 fully saturated rings. The first-order valence-corrected chi connectivity index (χ1v) is 6.57. The number of alkyl halides is 1. The Morgan fingerprint density at radius 3 is 2.62 bits per heavy atom. The van der Waals surface area contributed by atoms with Crippen LogP contribution in [-0.4, -0.2) is 11.9 Å². The van der Waals surface area contributed by atoms with Gasteiger partial charge in [-0.25, -0.2) is 0 Å². The SMILES string of the molecule is CC(C)CC(CCl)NCc1cccc(Cl)c1. The Kier molecular flexibility index (Phi) is 6.18. The Labute approximate surface area is 108 Å². The molecule has 0 saturated carbocycles. The highest BCUT2D eigenvalue weighted by atomic mass is 35.5. The van der Waals surface area contributed by atoms with Crippen LogP contribution in [0.1, 0.15) is 25.8 Å². The van der Waals surface area contributed by atoms with Gasteiger partial charge >= 0.3 is 0 Å². The molecule has 16 heavy (non-hydrogen) atoms. The summed E-state index contributed by atoms with van der Waals surface area (Å²) in [6.45, 7) is 5.24. The lowest BCUT2D eigenvalue weighted by atomic mass is 10.0. The van der Waals surface area contributed by atoms with Gasteiger partial charge in [0.05, 0.1) is 0 Å². The van der Waals surface area contributed by atoms with Gasteiger partial charge < -0.3 is 5.32 Å². The van der Waals surface area contributed by atoms with Crippen molar-refractivity contribution in [3.8, 4) is 0 Å². The van der Waals surface area contributed by atoms with Gasteiger partial charge in [-0.15, -0.1) is 11.6 Å². The fraction of sp³-hybridized carbons (Fsp3) is 0.538. The average Bonchev–Trinajstić information content (AvgIpc) is 2.24. The maximum atomic E-state index is 5.92. The van der Waals surface area contributed by atoms with E-state index in [2.05, 4.69) is 25.2 Å². The first-order valence-electron chi connectivity index (χ1n) is 5.65. The van der Waals surface area contributed by atoms with Crippen LogP contribution in [0.25, 0.3) is 0 Å². The highest BCUT2D eigenvalue weighted by molar-refractivity contribution is 6.30. The van der Waals surface area contributed by atoms with Gasteiger partial charge in [0.25, 0.3) is 0 Å². The molecule has 0 aliphatic rings. The Balaban J connectivity index is 2.43. The van der Waals surface area contributed by atoms with E-state index in [1.807, 2.05) is 18.2 Å². The molecule has 1 nitrogen and oxygen atoms in total. The van der Waals surface area contributed by atoms with Gasteiger partial charge in [0.15, 0.2) is 0 Å². The van der Waals surface area contributed by atoms with Crippen molar-refractivity contribution in [3.63, 3.8) is 0 Å². The maximum Gasteiger partial charge on any atom is 0.0409 e. The Morgan fingerprint density at radius 1 is 1.31 bits per heavy atom. The number of nitrogens with one attached hydrogen (secondary N) is 1. The van der Waals surface area contributed by atoms with Crippen molar-refractivity contribution in [3.05, 3.63) is 34.9 Å². The van der Waals surface area contributed by atoms with Crippen LogP contribution in [0.15, 0.2) is 24.3 Å². The summed E-state index contributed by atoms with van der Waals surface area (Å²) in [4.78, 5) is 0. The predicted molar refractivity (Wildman–Crippen MR) is 72.3 cm³/mol. The zero-order valence-electron chi connectivity index (χ0n) is 9.84. The third-order valence-corrected chi connectivity index (χ3v) is 3.03. The van der Waals surface area contributed by atoms with Gasteiger partial charge in [0, 0.05) is 23.5 Å². The minimum atomic E-state index is 0.376. The molecule has 0 radical (unpaired) electrons. The molecule has 1 aromatic carbocycles. The van der Waals surface area contributed by atoms with E-state index in [1.54, 1.807) is 0 Å². The number of rotatable bonds is 6. The molecule has 1 unspecified atom stereocenters. The lowest BCUT2D eigenvalue weighted by Gasteiger charge is -2.18. The van der Waals surface area contributed by atoms with Gasteiger partial charge in [0.1, 0.15) is 0 Å². The smallest absolute Gasteiger partial charge is 0.0409 e. The summed E-state index contributed by atoms with van der Waals surface area (Å²) in [7, 11) is 0. The van der Waals surface area contributed by atoms with Crippen LogP contribution in [0.5, 0.6) is 0 Å². The first-order chi connectivity index (χ1) is 7.61. The van der Waals surface area contributed by atoms with E-state index >= 15 is 0 Å². The molecule has 0 spiro atoms. The third kappa shape index (κ3) is 5.20. The van der Waals surface area contributed by atoms with Crippen molar-refractivity contribution < 1.29 is 0 Å². The summed E-state index contributed by atoms with van der Waals surface area (Å²) in [5.74, 6) is 1.31. The Bertz CT molecular complexity index is 313. The van der Waals surface area contributed by atoms with Crippen LogP contribution >= 0.6 is 23.2 Å². The molecule has 3 heteroatoms. The fourth-order valence-electron chi connectivity index (χ4n) is 1.68. The van der Waals surface area contributed by atoms with E-state index in [1.165, 1.54) is 5.56 Å². The Morgan fingerprint density at radius 2 is 2.06 bits per heavy atom. The van der Waals surface area contributed by atoms with Crippen molar-refractivity contribution in [2.24, 2.45) is 5.92 Å². The van der Waals surface area contributed by atoms with Crippen molar-refractivity contribution in [1.82, 2.24) is 5.32 Å². The lowest BCUT2D eigenvalue weighted by molar-refractivity contribution is 0.445. The molecule has 1 aromatic rings. The molecule has 0 aromatic heterocycles. The Hall–Kier alpha value is -0.240. The largest absolute Gasteiger partial charge is 0.309 e. The lowest BCUT2D eigenvalue weighted by Crippen LogP contribution is -2.31. The number of hydrogen-bond acceptors (Lipinski definition) is 1. The molecule has 1 atom stereocenters. The van der Waals surface area contributed by atoms with Gasteiger partial charge in [-0.2, -0.15) is 0 Å². The molecule has 0 bridgehead atoms. The summed E-state index contributed by atoms with van der Waals surface area (Å²) in [6, 6.07) is 8.28. The van der Waals surface area contributed by atoms with Crippen LogP contribution in [-0.2, 0) is 6.54 Å². The molecule has 1 rings (SSSR count). The molecule has 90 valence electrons. The van der Waals surface area contributed by atoms with Gasteiger partial charge in [-0.3, -0.25) is 0 Å². The second-order valence-corrected chi connectivity index (χ2v) is 5.24. The minimum absolute atomic E-state index is 0.376. The summed E-state index contributed by atoms with van der Waals surface area (Å²) < 4.78 is 0. The predicted octanol–water partition coefficient (Wildman–Crippen LogP) is 4.08. The van der Waals surface area contributed by atoms with Crippen LogP contribution in [0.2, 0.25) is 5.02 Å². The van der Waals surface area contributed by atoms with Crippen molar-refractivity contribution in [1.29, 1.82) is 0 Å². The van der Waals surface area contributed by atoms with Gasteiger partial charge in [0.2, 0.25) is 0 Å². The molecule has 1 N–H and O–H groups in total. The van der Waals surface area contributed by atoms with Crippen LogP contribution in [0, 0.1) is 5.92 Å². The average molecular weight is 260 g/mol. The van der Waals surface area contributed by atoms with E-state index in [0.717, 1.165) is 18.0 Å². The van der Waals surface area contributed by atoms with Crippen LogP contribution in [0.4, 0.5) is 0 Å². The molecule has 0 amide bonds. The molecule has 0 heterocycles. The normalized spacial score (nSPS) is 13.1. The number of hydrogen-bond donors (Lipinski definition) is 1. The monoisotopic (exact) mass is 259 g/mol. The molecule has 0 aliphatic heterocycles. The third-order valence-electron chi connectivity index (χ3n) is 2.43. The topological polar surface area (TPSA) is 12.0 Å².